The van der Waals surface area contributed by atoms with Crippen molar-refractivity contribution < 1.29 is 9.84 Å². The molecule has 1 heterocycles. The van der Waals surface area contributed by atoms with E-state index in [-0.39, 0.29) is 5.60 Å². The molecule has 1 saturated heterocycles. The maximum atomic E-state index is 10.2. The van der Waals surface area contributed by atoms with Crippen LogP contribution in [0.5, 0.6) is 0 Å². The summed E-state index contributed by atoms with van der Waals surface area (Å²) in [4.78, 5) is 2.36. The highest BCUT2D eigenvalue weighted by Crippen LogP contribution is 2.22. The number of piperidine rings is 1. The molecule has 128 valence electrons. The summed E-state index contributed by atoms with van der Waals surface area (Å²) in [5.74, 6) is 0.766. The molecule has 0 amide bonds. The number of aliphatic hydroxyl groups excluding tert-OH is 1. The van der Waals surface area contributed by atoms with Gasteiger partial charge in [-0.25, -0.2) is 0 Å². The number of β-amino-alcohol motifs (C(OH)–C–C–N with tert-alkyl or cyclic N) is 1. The Morgan fingerprint density at radius 2 is 1.96 bits per heavy atom. The maximum Gasteiger partial charge on any atom is 0.0900 e. The van der Waals surface area contributed by atoms with Gasteiger partial charge in [-0.2, -0.15) is 0 Å². The zero-order chi connectivity index (χ0) is 16.7. The normalized spacial score (nSPS) is 18.7. The minimum absolute atomic E-state index is 0.364. The SMILES string of the molecule is C=CC(C)(C)OCC(O)CN1CCC(Cc2ccccc2)CC1. The van der Waals surface area contributed by atoms with Crippen LogP contribution >= 0.6 is 0 Å². The molecule has 2 rings (SSSR count). The lowest BCUT2D eigenvalue weighted by Gasteiger charge is -2.33. The predicted molar refractivity (Wildman–Crippen MR) is 95.5 cm³/mol. The van der Waals surface area contributed by atoms with E-state index in [9.17, 15) is 5.11 Å². The highest BCUT2D eigenvalue weighted by atomic mass is 16.5. The first-order valence-corrected chi connectivity index (χ1v) is 8.70. The van der Waals surface area contributed by atoms with Crippen molar-refractivity contribution >= 4 is 0 Å². The lowest BCUT2D eigenvalue weighted by molar-refractivity contribution is -0.0439. The van der Waals surface area contributed by atoms with Crippen molar-refractivity contribution in [2.75, 3.05) is 26.2 Å². The van der Waals surface area contributed by atoms with Crippen molar-refractivity contribution in [1.82, 2.24) is 4.90 Å². The molecule has 0 saturated carbocycles. The van der Waals surface area contributed by atoms with Crippen molar-refractivity contribution in [3.05, 3.63) is 48.6 Å². The van der Waals surface area contributed by atoms with E-state index in [0.29, 0.717) is 13.2 Å². The molecule has 0 aliphatic carbocycles. The summed E-state index contributed by atoms with van der Waals surface area (Å²) in [6, 6.07) is 10.7. The van der Waals surface area contributed by atoms with Crippen LogP contribution in [-0.4, -0.2) is 48.0 Å². The molecule has 3 nitrogen and oxygen atoms in total. The molecule has 1 aliphatic heterocycles. The van der Waals surface area contributed by atoms with E-state index in [0.717, 1.165) is 19.0 Å². The van der Waals surface area contributed by atoms with Crippen molar-refractivity contribution in [1.29, 1.82) is 0 Å². The monoisotopic (exact) mass is 317 g/mol. The number of hydrogen-bond acceptors (Lipinski definition) is 3. The first-order chi connectivity index (χ1) is 11.0. The lowest BCUT2D eigenvalue weighted by Crippen LogP contribution is -2.41. The second-order valence-electron chi connectivity index (χ2n) is 7.21. The number of nitrogens with zero attached hydrogens (tertiary/aromatic N) is 1. The van der Waals surface area contributed by atoms with Crippen LogP contribution in [0.1, 0.15) is 32.3 Å². The Bertz CT molecular complexity index is 464. The Morgan fingerprint density at radius 3 is 2.57 bits per heavy atom. The summed E-state index contributed by atoms with van der Waals surface area (Å²) in [6.07, 6.45) is 4.93. The van der Waals surface area contributed by atoms with Crippen LogP contribution in [0.3, 0.4) is 0 Å². The van der Waals surface area contributed by atoms with E-state index in [4.69, 9.17) is 4.74 Å². The van der Waals surface area contributed by atoms with Crippen LogP contribution in [-0.2, 0) is 11.2 Å². The van der Waals surface area contributed by atoms with Crippen LogP contribution in [0.4, 0.5) is 0 Å². The van der Waals surface area contributed by atoms with Gasteiger partial charge in [0.05, 0.1) is 18.3 Å². The Balaban J connectivity index is 1.67. The van der Waals surface area contributed by atoms with E-state index in [1.165, 1.54) is 24.8 Å². The number of benzene rings is 1. The standard InChI is InChI=1S/C20H31NO2/c1-4-20(2,3)23-16-19(22)15-21-12-10-18(11-13-21)14-17-8-6-5-7-9-17/h4-9,18-19,22H,1,10-16H2,2-3H3. The molecule has 1 atom stereocenters. The minimum Gasteiger partial charge on any atom is -0.389 e. The van der Waals surface area contributed by atoms with Gasteiger partial charge in [-0.15, -0.1) is 6.58 Å². The lowest BCUT2D eigenvalue weighted by atomic mass is 9.90. The molecule has 1 aromatic rings. The maximum absolute atomic E-state index is 10.2. The van der Waals surface area contributed by atoms with Gasteiger partial charge in [0.2, 0.25) is 0 Å². The topological polar surface area (TPSA) is 32.7 Å². The number of rotatable bonds is 8. The molecule has 0 radical (unpaired) electrons. The fourth-order valence-corrected chi connectivity index (χ4v) is 3.04. The largest absolute Gasteiger partial charge is 0.389 e. The summed E-state index contributed by atoms with van der Waals surface area (Å²) in [5, 5.41) is 10.2. The number of likely N-dealkylation sites (tertiary alicyclic amines) is 1. The van der Waals surface area contributed by atoms with Crippen molar-refractivity contribution in [3.63, 3.8) is 0 Å². The zero-order valence-electron chi connectivity index (χ0n) is 14.6. The molecule has 1 aromatic carbocycles. The highest BCUT2D eigenvalue weighted by molar-refractivity contribution is 5.15. The van der Waals surface area contributed by atoms with Gasteiger partial charge >= 0.3 is 0 Å². The van der Waals surface area contributed by atoms with Crippen LogP contribution < -0.4 is 0 Å². The van der Waals surface area contributed by atoms with Gasteiger partial charge in [0.1, 0.15) is 0 Å². The van der Waals surface area contributed by atoms with Crippen LogP contribution in [0.15, 0.2) is 43.0 Å². The summed E-state index contributed by atoms with van der Waals surface area (Å²) in [7, 11) is 0. The molecule has 0 bridgehead atoms. The van der Waals surface area contributed by atoms with Gasteiger partial charge in [0.25, 0.3) is 0 Å². The zero-order valence-corrected chi connectivity index (χ0v) is 14.6. The molecule has 0 aromatic heterocycles. The molecule has 1 N–H and O–H groups in total. The van der Waals surface area contributed by atoms with Crippen LogP contribution in [0.25, 0.3) is 0 Å². The second-order valence-corrected chi connectivity index (χ2v) is 7.21. The molecule has 1 unspecified atom stereocenters. The third kappa shape index (κ3) is 6.46. The molecule has 23 heavy (non-hydrogen) atoms. The smallest absolute Gasteiger partial charge is 0.0900 e. The summed E-state index contributed by atoms with van der Waals surface area (Å²) in [5.41, 5.74) is 1.06. The van der Waals surface area contributed by atoms with E-state index in [1.807, 2.05) is 13.8 Å². The Morgan fingerprint density at radius 1 is 1.30 bits per heavy atom. The fraction of sp³-hybridized carbons (Fsp3) is 0.600. The van der Waals surface area contributed by atoms with Crippen LogP contribution in [0.2, 0.25) is 0 Å². The van der Waals surface area contributed by atoms with Gasteiger partial charge in [-0.05, 0) is 57.7 Å². The number of hydrogen-bond donors (Lipinski definition) is 1. The quantitative estimate of drug-likeness (QED) is 0.747. The first-order valence-electron chi connectivity index (χ1n) is 8.70. The predicted octanol–water partition coefficient (Wildman–Crippen LogP) is 3.28. The van der Waals surface area contributed by atoms with Crippen molar-refractivity contribution in [2.24, 2.45) is 5.92 Å². The third-order valence-electron chi connectivity index (χ3n) is 4.68. The van der Waals surface area contributed by atoms with E-state index >= 15 is 0 Å². The van der Waals surface area contributed by atoms with Gasteiger partial charge in [0.15, 0.2) is 0 Å². The number of ether oxygens (including phenoxy) is 1. The molecule has 3 heteroatoms. The summed E-state index contributed by atoms with van der Waals surface area (Å²) < 4.78 is 5.69. The second kappa shape index (κ2) is 8.62. The highest BCUT2D eigenvalue weighted by Gasteiger charge is 2.22. The van der Waals surface area contributed by atoms with Crippen LogP contribution in [0, 0.1) is 5.92 Å². The van der Waals surface area contributed by atoms with Gasteiger partial charge in [-0.3, -0.25) is 0 Å². The van der Waals surface area contributed by atoms with Gasteiger partial charge < -0.3 is 14.7 Å². The van der Waals surface area contributed by atoms with E-state index in [2.05, 4.69) is 41.8 Å². The van der Waals surface area contributed by atoms with Crippen molar-refractivity contribution in [2.45, 2.75) is 44.8 Å². The Hall–Kier alpha value is -1.16. The molecular weight excluding hydrogens is 286 g/mol. The average Bonchev–Trinajstić information content (AvgIpc) is 2.56. The van der Waals surface area contributed by atoms with E-state index < -0.39 is 6.10 Å². The Kier molecular flexibility index (Phi) is 6.82. The van der Waals surface area contributed by atoms with E-state index in [1.54, 1.807) is 6.08 Å². The first kappa shape index (κ1) is 18.2. The molecule has 1 aliphatic rings. The Labute approximate surface area is 141 Å². The number of aliphatic hydroxyl groups is 1. The third-order valence-corrected chi connectivity index (χ3v) is 4.68. The van der Waals surface area contributed by atoms with Crippen molar-refractivity contribution in [3.8, 4) is 0 Å². The average molecular weight is 317 g/mol. The fourth-order valence-electron chi connectivity index (χ4n) is 3.04. The summed E-state index contributed by atoms with van der Waals surface area (Å²) in [6.45, 7) is 10.9. The molecule has 1 fully saturated rings. The molecule has 0 spiro atoms. The van der Waals surface area contributed by atoms with Gasteiger partial charge in [0, 0.05) is 6.54 Å². The molecular formula is C20H31NO2. The minimum atomic E-state index is -0.431. The van der Waals surface area contributed by atoms with Gasteiger partial charge in [-0.1, -0.05) is 36.4 Å². The summed E-state index contributed by atoms with van der Waals surface area (Å²) >= 11 is 0.